The number of nitrogens with one attached hydrogen (secondary N) is 1. The Morgan fingerprint density at radius 3 is 2.71 bits per heavy atom. The van der Waals surface area contributed by atoms with E-state index < -0.39 is 0 Å². The van der Waals surface area contributed by atoms with Crippen LogP contribution in [0.25, 0.3) is 0 Å². The largest absolute Gasteiger partial charge is 0.375 e. The van der Waals surface area contributed by atoms with Gasteiger partial charge in [-0.15, -0.1) is 0 Å². The van der Waals surface area contributed by atoms with Crippen molar-refractivity contribution in [2.24, 2.45) is 5.92 Å². The van der Waals surface area contributed by atoms with E-state index in [1.165, 1.54) is 6.42 Å². The monoisotopic (exact) mass is 194 g/mol. The van der Waals surface area contributed by atoms with Crippen LogP contribution in [0.4, 0.5) is 0 Å². The summed E-state index contributed by atoms with van der Waals surface area (Å²) in [6.45, 7) is 2.97. The third-order valence-corrected chi connectivity index (χ3v) is 3.53. The van der Waals surface area contributed by atoms with Crippen molar-refractivity contribution in [1.29, 1.82) is 5.26 Å². The van der Waals surface area contributed by atoms with Crippen molar-refractivity contribution >= 4 is 0 Å². The van der Waals surface area contributed by atoms with Crippen LogP contribution in [0.1, 0.15) is 32.1 Å². The molecule has 0 amide bonds. The number of piperidine rings is 1. The van der Waals surface area contributed by atoms with Crippen molar-refractivity contribution in [3.05, 3.63) is 0 Å². The maximum Gasteiger partial charge on any atom is 0.0707 e. The summed E-state index contributed by atoms with van der Waals surface area (Å²) in [5, 5.41) is 12.0. The van der Waals surface area contributed by atoms with E-state index in [2.05, 4.69) is 11.4 Å². The summed E-state index contributed by atoms with van der Waals surface area (Å²) in [7, 11) is 0. The van der Waals surface area contributed by atoms with Gasteiger partial charge in [0.25, 0.3) is 0 Å². The zero-order valence-corrected chi connectivity index (χ0v) is 8.59. The van der Waals surface area contributed by atoms with Crippen molar-refractivity contribution in [3.63, 3.8) is 0 Å². The number of hydrogen-bond acceptors (Lipinski definition) is 3. The predicted molar refractivity (Wildman–Crippen MR) is 53.7 cm³/mol. The van der Waals surface area contributed by atoms with Crippen molar-refractivity contribution in [3.8, 4) is 6.07 Å². The highest BCUT2D eigenvalue weighted by molar-refractivity contribution is 4.91. The lowest BCUT2D eigenvalue weighted by molar-refractivity contribution is -0.115. The summed E-state index contributed by atoms with van der Waals surface area (Å²) >= 11 is 0. The molecule has 1 N–H and O–H groups in total. The van der Waals surface area contributed by atoms with Gasteiger partial charge >= 0.3 is 0 Å². The highest BCUT2D eigenvalue weighted by Crippen LogP contribution is 2.35. The summed E-state index contributed by atoms with van der Waals surface area (Å²) in [6.07, 6.45) is 5.28. The maximum atomic E-state index is 8.60. The van der Waals surface area contributed by atoms with Gasteiger partial charge in [-0.2, -0.15) is 5.26 Å². The van der Waals surface area contributed by atoms with Gasteiger partial charge in [-0.3, -0.25) is 0 Å². The van der Waals surface area contributed by atoms with Gasteiger partial charge < -0.3 is 10.1 Å². The Morgan fingerprint density at radius 2 is 2.14 bits per heavy atom. The van der Waals surface area contributed by atoms with E-state index >= 15 is 0 Å². The van der Waals surface area contributed by atoms with Gasteiger partial charge in [-0.25, -0.2) is 0 Å². The number of rotatable bonds is 1. The van der Waals surface area contributed by atoms with Gasteiger partial charge in [0.2, 0.25) is 0 Å². The smallest absolute Gasteiger partial charge is 0.0707 e. The summed E-state index contributed by atoms with van der Waals surface area (Å²) in [5.74, 6) is 0.487. The molecule has 3 nitrogen and oxygen atoms in total. The van der Waals surface area contributed by atoms with Crippen molar-refractivity contribution < 1.29 is 4.74 Å². The molecule has 2 aliphatic heterocycles. The third-order valence-electron chi connectivity index (χ3n) is 3.53. The molecule has 0 bridgehead atoms. The van der Waals surface area contributed by atoms with Crippen LogP contribution in [0.2, 0.25) is 0 Å². The van der Waals surface area contributed by atoms with Crippen LogP contribution in [0.15, 0.2) is 0 Å². The van der Waals surface area contributed by atoms with Crippen molar-refractivity contribution in [2.75, 3.05) is 19.7 Å². The molecule has 3 heteroatoms. The molecule has 2 fully saturated rings. The van der Waals surface area contributed by atoms with Crippen LogP contribution in [-0.4, -0.2) is 25.3 Å². The molecule has 14 heavy (non-hydrogen) atoms. The zero-order valence-electron chi connectivity index (χ0n) is 8.59. The van der Waals surface area contributed by atoms with E-state index in [0.717, 1.165) is 39.0 Å². The Kier molecular flexibility index (Phi) is 3.05. The second-order valence-corrected chi connectivity index (χ2v) is 4.51. The Hall–Kier alpha value is -0.590. The minimum Gasteiger partial charge on any atom is -0.375 e. The fourth-order valence-electron chi connectivity index (χ4n) is 2.48. The minimum atomic E-state index is 0.164. The quantitative estimate of drug-likeness (QED) is 0.687. The van der Waals surface area contributed by atoms with E-state index in [1.54, 1.807) is 0 Å². The van der Waals surface area contributed by atoms with Crippen LogP contribution in [0.5, 0.6) is 0 Å². The molecule has 1 atom stereocenters. The summed E-state index contributed by atoms with van der Waals surface area (Å²) in [4.78, 5) is 0. The third kappa shape index (κ3) is 2.08. The molecule has 2 rings (SSSR count). The number of ether oxygens (including phenoxy) is 1. The molecule has 0 radical (unpaired) electrons. The first-order valence-electron chi connectivity index (χ1n) is 5.56. The fraction of sp³-hybridized carbons (Fsp3) is 0.909. The van der Waals surface area contributed by atoms with E-state index in [4.69, 9.17) is 10.00 Å². The molecule has 2 saturated heterocycles. The lowest BCUT2D eigenvalue weighted by atomic mass is 9.82. The van der Waals surface area contributed by atoms with Crippen LogP contribution < -0.4 is 5.32 Å². The highest BCUT2D eigenvalue weighted by Gasteiger charge is 2.37. The first-order chi connectivity index (χ1) is 6.85. The van der Waals surface area contributed by atoms with E-state index in [0.29, 0.717) is 12.3 Å². The Balaban J connectivity index is 1.85. The minimum absolute atomic E-state index is 0.164. The van der Waals surface area contributed by atoms with E-state index in [1.807, 2.05) is 0 Å². The molecule has 1 spiro atoms. The standard InChI is InChI=1S/C11H18N2O/c12-6-2-10-1-3-11(14-9-10)4-7-13-8-5-11/h10,13H,1-5,7-9H2. The number of nitriles is 1. The van der Waals surface area contributed by atoms with Gasteiger partial charge in [0.05, 0.1) is 18.3 Å². The molecule has 0 saturated carbocycles. The Morgan fingerprint density at radius 1 is 1.36 bits per heavy atom. The number of hydrogen-bond donors (Lipinski definition) is 1. The predicted octanol–water partition coefficient (Wildman–Crippen LogP) is 1.45. The fourth-order valence-corrected chi connectivity index (χ4v) is 2.48. The van der Waals surface area contributed by atoms with Crippen LogP contribution >= 0.6 is 0 Å². The lowest BCUT2D eigenvalue weighted by Gasteiger charge is -2.42. The molecule has 1 unspecified atom stereocenters. The molecule has 0 aliphatic carbocycles. The van der Waals surface area contributed by atoms with Crippen molar-refractivity contribution in [1.82, 2.24) is 5.32 Å². The van der Waals surface area contributed by atoms with Crippen LogP contribution in [0, 0.1) is 17.2 Å². The normalized spacial score (nSPS) is 31.2. The molecule has 2 heterocycles. The second-order valence-electron chi connectivity index (χ2n) is 4.51. The summed E-state index contributed by atoms with van der Waals surface area (Å²) < 4.78 is 5.98. The van der Waals surface area contributed by atoms with Crippen LogP contribution in [-0.2, 0) is 4.74 Å². The second kappa shape index (κ2) is 4.29. The first-order valence-corrected chi connectivity index (χ1v) is 5.56. The molecular weight excluding hydrogens is 176 g/mol. The summed E-state index contributed by atoms with van der Waals surface area (Å²) in [5.41, 5.74) is 0.164. The molecule has 0 aromatic carbocycles. The maximum absolute atomic E-state index is 8.60. The Labute approximate surface area is 85.4 Å². The van der Waals surface area contributed by atoms with Gasteiger partial charge in [0.15, 0.2) is 0 Å². The topological polar surface area (TPSA) is 45.0 Å². The van der Waals surface area contributed by atoms with Crippen molar-refractivity contribution in [2.45, 2.75) is 37.7 Å². The van der Waals surface area contributed by atoms with Gasteiger partial charge in [-0.1, -0.05) is 0 Å². The van der Waals surface area contributed by atoms with E-state index in [-0.39, 0.29) is 5.60 Å². The van der Waals surface area contributed by atoms with Crippen LogP contribution in [0.3, 0.4) is 0 Å². The van der Waals surface area contributed by atoms with Gasteiger partial charge in [0, 0.05) is 6.42 Å². The average molecular weight is 194 g/mol. The molecule has 0 aromatic rings. The Bertz CT molecular complexity index is 218. The molecule has 2 aliphatic rings. The highest BCUT2D eigenvalue weighted by atomic mass is 16.5. The number of nitrogens with zero attached hydrogens (tertiary/aromatic N) is 1. The lowest BCUT2D eigenvalue weighted by Crippen LogP contribution is -2.47. The van der Waals surface area contributed by atoms with Gasteiger partial charge in [-0.05, 0) is 44.7 Å². The first kappa shape index (κ1) is 9.95. The van der Waals surface area contributed by atoms with E-state index in [9.17, 15) is 0 Å². The molecule has 78 valence electrons. The zero-order chi connectivity index (χ0) is 9.86. The molecular formula is C11H18N2O. The SMILES string of the molecule is N#CCC1CCC2(CCNCC2)OC1. The summed E-state index contributed by atoms with van der Waals surface area (Å²) in [6, 6.07) is 2.24. The average Bonchev–Trinajstić information content (AvgIpc) is 2.24. The molecule has 0 aromatic heterocycles. The van der Waals surface area contributed by atoms with Gasteiger partial charge in [0.1, 0.15) is 0 Å².